The van der Waals surface area contributed by atoms with Gasteiger partial charge in [-0.1, -0.05) is 37.8 Å². The summed E-state index contributed by atoms with van der Waals surface area (Å²) >= 11 is 1.58. The van der Waals surface area contributed by atoms with Crippen molar-refractivity contribution < 1.29 is 19.4 Å². The number of nitrogens with one attached hydrogen (secondary N) is 1. The van der Waals surface area contributed by atoms with E-state index in [0.717, 1.165) is 29.8 Å². The van der Waals surface area contributed by atoms with E-state index in [0.29, 0.717) is 5.75 Å². The number of rotatable bonds is 9. The molecule has 1 aromatic carbocycles. The maximum absolute atomic E-state index is 12.4. The Morgan fingerprint density at radius 3 is 2.69 bits per heavy atom. The van der Waals surface area contributed by atoms with Crippen LogP contribution >= 0.6 is 11.8 Å². The first-order valence-corrected chi connectivity index (χ1v) is 10.5. The fourth-order valence-corrected chi connectivity index (χ4v) is 3.94. The standard InChI is InChI=1S/C20H29NO4S/c1-15(25-18-9-4-2-3-5-10-18)20(24)21-17-8-6-7-16(13-17)14-26-12-11-19(22)23/h6-8,13,15,18H,2-5,9-12,14H2,1H3,(H,21,24)(H,22,23). The third-order valence-corrected chi connectivity index (χ3v) is 5.52. The maximum atomic E-state index is 12.4. The number of aliphatic carboxylic acids is 1. The minimum absolute atomic E-state index is 0.120. The Bertz CT molecular complexity index is 585. The molecule has 1 aromatic rings. The van der Waals surface area contributed by atoms with E-state index >= 15 is 0 Å². The van der Waals surface area contributed by atoms with Crippen LogP contribution < -0.4 is 5.32 Å². The lowest BCUT2D eigenvalue weighted by Gasteiger charge is -2.20. The molecule has 6 heteroatoms. The molecule has 0 radical (unpaired) electrons. The van der Waals surface area contributed by atoms with Crippen molar-refractivity contribution in [3.8, 4) is 0 Å². The average molecular weight is 380 g/mol. The van der Waals surface area contributed by atoms with Gasteiger partial charge in [0.1, 0.15) is 6.10 Å². The zero-order valence-electron chi connectivity index (χ0n) is 15.4. The van der Waals surface area contributed by atoms with Crippen LogP contribution in [0.5, 0.6) is 0 Å². The third-order valence-electron chi connectivity index (χ3n) is 4.49. The van der Waals surface area contributed by atoms with Crippen LogP contribution in [0.4, 0.5) is 5.69 Å². The lowest BCUT2D eigenvalue weighted by molar-refractivity contribution is -0.136. The summed E-state index contributed by atoms with van der Waals surface area (Å²) in [5.74, 6) is 0.412. The van der Waals surface area contributed by atoms with Crippen LogP contribution in [0.3, 0.4) is 0 Å². The lowest BCUT2D eigenvalue weighted by Crippen LogP contribution is -2.31. The molecule has 1 aliphatic carbocycles. The molecule has 2 rings (SSSR count). The fraction of sp³-hybridized carbons (Fsp3) is 0.600. The number of amides is 1. The Balaban J connectivity index is 1.79. The summed E-state index contributed by atoms with van der Waals surface area (Å²) in [5.41, 5.74) is 1.82. The van der Waals surface area contributed by atoms with Gasteiger partial charge in [0, 0.05) is 17.2 Å². The lowest BCUT2D eigenvalue weighted by atomic mass is 10.1. The largest absolute Gasteiger partial charge is 0.481 e. The van der Waals surface area contributed by atoms with Gasteiger partial charge in [0.05, 0.1) is 12.5 Å². The molecule has 1 amide bonds. The van der Waals surface area contributed by atoms with Crippen molar-refractivity contribution in [3.63, 3.8) is 0 Å². The van der Waals surface area contributed by atoms with Crippen LogP contribution in [-0.4, -0.2) is 34.9 Å². The van der Waals surface area contributed by atoms with Crippen molar-refractivity contribution >= 4 is 29.3 Å². The van der Waals surface area contributed by atoms with Crippen molar-refractivity contribution in [2.45, 2.75) is 69.8 Å². The van der Waals surface area contributed by atoms with Gasteiger partial charge >= 0.3 is 5.97 Å². The van der Waals surface area contributed by atoms with Crippen LogP contribution in [0.15, 0.2) is 24.3 Å². The van der Waals surface area contributed by atoms with Crippen LogP contribution in [0.1, 0.15) is 57.4 Å². The number of anilines is 1. The van der Waals surface area contributed by atoms with Crippen molar-refractivity contribution in [2.24, 2.45) is 0 Å². The van der Waals surface area contributed by atoms with Gasteiger partial charge in [0.2, 0.25) is 0 Å². The maximum Gasteiger partial charge on any atom is 0.304 e. The minimum atomic E-state index is -0.777. The van der Waals surface area contributed by atoms with Gasteiger partial charge in [-0.3, -0.25) is 9.59 Å². The molecule has 1 saturated carbocycles. The molecule has 1 aliphatic rings. The monoisotopic (exact) mass is 379 g/mol. The highest BCUT2D eigenvalue weighted by atomic mass is 32.2. The molecule has 144 valence electrons. The highest BCUT2D eigenvalue weighted by Gasteiger charge is 2.20. The molecule has 1 fully saturated rings. The molecule has 1 unspecified atom stereocenters. The van der Waals surface area contributed by atoms with E-state index in [1.807, 2.05) is 31.2 Å². The predicted octanol–water partition coefficient (Wildman–Crippen LogP) is 4.46. The molecular formula is C20H29NO4S. The fourth-order valence-electron chi connectivity index (χ4n) is 3.06. The predicted molar refractivity (Wildman–Crippen MR) is 106 cm³/mol. The van der Waals surface area contributed by atoms with Crippen LogP contribution in [0.25, 0.3) is 0 Å². The molecule has 0 heterocycles. The molecule has 0 spiro atoms. The van der Waals surface area contributed by atoms with E-state index in [4.69, 9.17) is 9.84 Å². The molecule has 2 N–H and O–H groups in total. The van der Waals surface area contributed by atoms with Gasteiger partial charge in [-0.15, -0.1) is 0 Å². The molecule has 0 saturated heterocycles. The van der Waals surface area contributed by atoms with Crippen molar-refractivity contribution in [1.82, 2.24) is 0 Å². The Kier molecular flexibility index (Phi) is 8.98. The second kappa shape index (κ2) is 11.2. The quantitative estimate of drug-likeness (QED) is 0.489. The summed E-state index contributed by atoms with van der Waals surface area (Å²) in [5, 5.41) is 11.6. The Morgan fingerprint density at radius 1 is 1.27 bits per heavy atom. The van der Waals surface area contributed by atoms with Gasteiger partial charge in [-0.05, 0) is 37.5 Å². The highest BCUT2D eigenvalue weighted by molar-refractivity contribution is 7.98. The second-order valence-electron chi connectivity index (χ2n) is 6.78. The van der Waals surface area contributed by atoms with Crippen LogP contribution in [0.2, 0.25) is 0 Å². The minimum Gasteiger partial charge on any atom is -0.481 e. The van der Waals surface area contributed by atoms with Gasteiger partial charge in [-0.2, -0.15) is 11.8 Å². The highest BCUT2D eigenvalue weighted by Crippen LogP contribution is 2.22. The van der Waals surface area contributed by atoms with Gasteiger partial charge in [0.15, 0.2) is 0 Å². The molecular weight excluding hydrogens is 350 g/mol. The van der Waals surface area contributed by atoms with Crippen molar-refractivity contribution in [2.75, 3.05) is 11.1 Å². The van der Waals surface area contributed by atoms with Crippen LogP contribution in [-0.2, 0) is 20.1 Å². The molecule has 26 heavy (non-hydrogen) atoms. The van der Waals surface area contributed by atoms with E-state index in [1.165, 1.54) is 25.7 Å². The zero-order chi connectivity index (χ0) is 18.8. The summed E-state index contributed by atoms with van der Waals surface area (Å²) in [4.78, 5) is 23.0. The van der Waals surface area contributed by atoms with Crippen molar-refractivity contribution in [3.05, 3.63) is 29.8 Å². The topological polar surface area (TPSA) is 75.6 Å². The summed E-state index contributed by atoms with van der Waals surface area (Å²) in [6.07, 6.45) is 6.86. The van der Waals surface area contributed by atoms with Crippen molar-refractivity contribution in [1.29, 1.82) is 0 Å². The Morgan fingerprint density at radius 2 is 2.00 bits per heavy atom. The van der Waals surface area contributed by atoms with E-state index in [-0.39, 0.29) is 18.4 Å². The average Bonchev–Trinajstić information content (AvgIpc) is 2.87. The Hall–Kier alpha value is -1.53. The number of carboxylic acids is 1. The SMILES string of the molecule is CC(OC1CCCCCC1)C(=O)Nc1cccc(CSCCC(=O)O)c1. The molecule has 5 nitrogen and oxygen atoms in total. The Labute approximate surface area is 159 Å². The summed E-state index contributed by atoms with van der Waals surface area (Å²) < 4.78 is 5.97. The first kappa shape index (κ1) is 20.8. The molecule has 0 bridgehead atoms. The van der Waals surface area contributed by atoms with E-state index in [9.17, 15) is 9.59 Å². The van der Waals surface area contributed by atoms with Gasteiger partial charge < -0.3 is 15.2 Å². The van der Waals surface area contributed by atoms with E-state index in [2.05, 4.69) is 5.32 Å². The zero-order valence-corrected chi connectivity index (χ0v) is 16.2. The smallest absolute Gasteiger partial charge is 0.304 e. The number of hydrogen-bond donors (Lipinski definition) is 2. The molecule has 0 aliphatic heterocycles. The molecule has 1 atom stereocenters. The first-order valence-electron chi connectivity index (χ1n) is 9.39. The summed E-state index contributed by atoms with van der Waals surface area (Å²) in [7, 11) is 0. The number of carbonyl (C=O) groups is 2. The van der Waals surface area contributed by atoms with Gasteiger partial charge in [-0.25, -0.2) is 0 Å². The van der Waals surface area contributed by atoms with E-state index < -0.39 is 12.1 Å². The number of thioether (sulfide) groups is 1. The number of carboxylic acid groups (broad SMARTS) is 1. The third kappa shape index (κ3) is 7.79. The normalized spacial score (nSPS) is 16.7. The number of hydrogen-bond acceptors (Lipinski definition) is 4. The summed E-state index contributed by atoms with van der Waals surface area (Å²) in [6.45, 7) is 1.81. The first-order chi connectivity index (χ1) is 12.5. The van der Waals surface area contributed by atoms with Crippen LogP contribution in [0, 0.1) is 0 Å². The summed E-state index contributed by atoms with van der Waals surface area (Å²) in [6, 6.07) is 7.68. The second-order valence-corrected chi connectivity index (χ2v) is 7.88. The number of benzene rings is 1. The number of carbonyl (C=O) groups excluding carboxylic acids is 1. The molecule has 0 aromatic heterocycles. The van der Waals surface area contributed by atoms with E-state index in [1.54, 1.807) is 11.8 Å². The number of ether oxygens (including phenoxy) is 1. The van der Waals surface area contributed by atoms with Gasteiger partial charge in [0.25, 0.3) is 5.91 Å².